The molecule has 2 aromatic carbocycles. The summed E-state index contributed by atoms with van der Waals surface area (Å²) in [4.78, 5) is 14.4. The Bertz CT molecular complexity index is 699. The molecule has 0 aliphatic carbocycles. The molecule has 4 heteroatoms. The number of amides is 1. The van der Waals surface area contributed by atoms with Gasteiger partial charge >= 0.3 is 0 Å². The molecule has 0 aromatic heterocycles. The predicted molar refractivity (Wildman–Crippen MR) is 84.9 cm³/mol. The molecular formula is C18H19NO3. The lowest BCUT2D eigenvalue weighted by Crippen LogP contribution is -2.51. The molecule has 0 spiro atoms. The molecule has 0 bridgehead atoms. The minimum Gasteiger partial charge on any atom is -0.388 e. The van der Waals surface area contributed by atoms with Gasteiger partial charge in [0.05, 0.1) is 11.7 Å². The maximum Gasteiger partial charge on any atom is 0.258 e. The molecule has 22 heavy (non-hydrogen) atoms. The van der Waals surface area contributed by atoms with Crippen LogP contribution in [0.2, 0.25) is 0 Å². The third-order valence-corrected chi connectivity index (χ3v) is 4.23. The Morgan fingerprint density at radius 3 is 2.45 bits per heavy atom. The number of hydrogen-bond donors (Lipinski definition) is 2. The molecule has 3 rings (SSSR count). The fourth-order valence-corrected chi connectivity index (χ4v) is 2.96. The molecule has 1 amide bonds. The minimum atomic E-state index is -1.01. The van der Waals surface area contributed by atoms with Gasteiger partial charge in [-0.2, -0.15) is 0 Å². The number of carbonyl (C=O) groups is 1. The van der Waals surface area contributed by atoms with Gasteiger partial charge in [0.2, 0.25) is 0 Å². The maximum absolute atomic E-state index is 12.8. The second-order valence-electron chi connectivity index (χ2n) is 5.78. The van der Waals surface area contributed by atoms with Gasteiger partial charge in [-0.25, -0.2) is 0 Å². The Balaban J connectivity index is 2.11. The van der Waals surface area contributed by atoms with E-state index in [9.17, 15) is 15.0 Å². The molecule has 0 saturated heterocycles. The Morgan fingerprint density at radius 2 is 1.77 bits per heavy atom. The number of nitrogens with zero attached hydrogens (tertiary/aromatic N) is 1. The summed E-state index contributed by atoms with van der Waals surface area (Å²) in [6.45, 7) is 3.66. The summed E-state index contributed by atoms with van der Waals surface area (Å²) < 4.78 is 0. The lowest BCUT2D eigenvalue weighted by molar-refractivity contribution is -0.00107. The van der Waals surface area contributed by atoms with Crippen LogP contribution in [-0.4, -0.2) is 28.3 Å². The SMILES string of the molecule is Cc1ccc2c(c1)[C@@H](O)[C@H](O)[C@H](C)N2C(=O)c1ccccc1. The van der Waals surface area contributed by atoms with Gasteiger partial charge in [-0.15, -0.1) is 0 Å². The second-order valence-corrected chi connectivity index (χ2v) is 5.78. The highest BCUT2D eigenvalue weighted by Gasteiger charge is 2.39. The third-order valence-electron chi connectivity index (χ3n) is 4.23. The molecule has 2 aromatic rings. The second kappa shape index (κ2) is 5.55. The van der Waals surface area contributed by atoms with Gasteiger partial charge in [0.1, 0.15) is 12.2 Å². The summed E-state index contributed by atoms with van der Waals surface area (Å²) in [6.07, 6.45) is -1.99. The molecule has 0 unspecified atom stereocenters. The van der Waals surface area contributed by atoms with E-state index in [1.54, 1.807) is 24.0 Å². The van der Waals surface area contributed by atoms with Crippen LogP contribution in [0, 0.1) is 6.92 Å². The van der Waals surface area contributed by atoms with Crippen molar-refractivity contribution < 1.29 is 15.0 Å². The van der Waals surface area contributed by atoms with Crippen molar-refractivity contribution in [2.24, 2.45) is 0 Å². The van der Waals surface area contributed by atoms with Crippen LogP contribution < -0.4 is 4.90 Å². The van der Waals surface area contributed by atoms with E-state index in [0.29, 0.717) is 16.8 Å². The predicted octanol–water partition coefficient (Wildman–Crippen LogP) is 2.44. The van der Waals surface area contributed by atoms with Crippen LogP contribution in [-0.2, 0) is 0 Å². The van der Waals surface area contributed by atoms with Gasteiger partial charge in [-0.1, -0.05) is 35.9 Å². The zero-order valence-electron chi connectivity index (χ0n) is 12.6. The van der Waals surface area contributed by atoms with E-state index in [-0.39, 0.29) is 5.91 Å². The third kappa shape index (κ3) is 2.30. The van der Waals surface area contributed by atoms with E-state index < -0.39 is 18.2 Å². The number of carbonyl (C=O) groups excluding carboxylic acids is 1. The molecule has 1 aliphatic heterocycles. The average Bonchev–Trinajstić information content (AvgIpc) is 2.54. The van der Waals surface area contributed by atoms with Crippen LogP contribution in [0.5, 0.6) is 0 Å². The van der Waals surface area contributed by atoms with Gasteiger partial charge in [0, 0.05) is 11.1 Å². The van der Waals surface area contributed by atoms with Crippen LogP contribution in [0.1, 0.15) is 34.5 Å². The highest BCUT2D eigenvalue weighted by Crippen LogP contribution is 2.38. The molecule has 0 radical (unpaired) electrons. The summed E-state index contributed by atoms with van der Waals surface area (Å²) in [5.74, 6) is -0.177. The highest BCUT2D eigenvalue weighted by molar-refractivity contribution is 6.07. The number of rotatable bonds is 1. The first kappa shape index (κ1) is 14.8. The zero-order valence-corrected chi connectivity index (χ0v) is 12.6. The van der Waals surface area contributed by atoms with E-state index in [1.807, 2.05) is 43.3 Å². The quantitative estimate of drug-likeness (QED) is 0.850. The van der Waals surface area contributed by atoms with Crippen molar-refractivity contribution in [3.63, 3.8) is 0 Å². The number of anilines is 1. The first-order valence-corrected chi connectivity index (χ1v) is 7.36. The summed E-state index contributed by atoms with van der Waals surface area (Å²) >= 11 is 0. The van der Waals surface area contributed by atoms with Crippen molar-refractivity contribution in [3.8, 4) is 0 Å². The smallest absolute Gasteiger partial charge is 0.258 e. The van der Waals surface area contributed by atoms with Gasteiger partial charge in [0.25, 0.3) is 5.91 Å². The van der Waals surface area contributed by atoms with E-state index in [2.05, 4.69) is 0 Å². The molecule has 114 valence electrons. The number of fused-ring (bicyclic) bond motifs is 1. The van der Waals surface area contributed by atoms with Gasteiger partial charge in [-0.05, 0) is 32.0 Å². The summed E-state index contributed by atoms with van der Waals surface area (Å²) in [5, 5.41) is 20.6. The first-order chi connectivity index (χ1) is 10.5. The van der Waals surface area contributed by atoms with Crippen molar-refractivity contribution in [2.45, 2.75) is 32.1 Å². The van der Waals surface area contributed by atoms with Crippen molar-refractivity contribution in [1.29, 1.82) is 0 Å². The Labute approximate surface area is 129 Å². The van der Waals surface area contributed by atoms with Gasteiger partial charge < -0.3 is 15.1 Å². The summed E-state index contributed by atoms with van der Waals surface area (Å²) in [6, 6.07) is 14.0. The van der Waals surface area contributed by atoms with Crippen molar-refractivity contribution in [3.05, 3.63) is 65.2 Å². The van der Waals surface area contributed by atoms with E-state index in [1.165, 1.54) is 0 Å². The molecule has 2 N–H and O–H groups in total. The van der Waals surface area contributed by atoms with E-state index in [4.69, 9.17) is 0 Å². The summed E-state index contributed by atoms with van der Waals surface area (Å²) in [7, 11) is 0. The van der Waals surface area contributed by atoms with Gasteiger partial charge in [0.15, 0.2) is 0 Å². The normalized spacial score (nSPS) is 24.0. The molecule has 3 atom stereocenters. The lowest BCUT2D eigenvalue weighted by Gasteiger charge is -2.41. The number of benzene rings is 2. The Kier molecular flexibility index (Phi) is 3.72. The number of aliphatic hydroxyl groups is 2. The molecular weight excluding hydrogens is 278 g/mol. The Hall–Kier alpha value is -2.17. The number of aliphatic hydroxyl groups excluding tert-OH is 2. The van der Waals surface area contributed by atoms with E-state index in [0.717, 1.165) is 5.56 Å². The van der Waals surface area contributed by atoms with E-state index >= 15 is 0 Å². The zero-order chi connectivity index (χ0) is 15.9. The molecule has 1 heterocycles. The topological polar surface area (TPSA) is 60.8 Å². The molecule has 4 nitrogen and oxygen atoms in total. The van der Waals surface area contributed by atoms with Crippen LogP contribution in [0.15, 0.2) is 48.5 Å². The monoisotopic (exact) mass is 297 g/mol. The fraction of sp³-hybridized carbons (Fsp3) is 0.278. The standard InChI is InChI=1S/C18H19NO3/c1-11-8-9-15-14(10-11)17(21)16(20)12(2)19(15)18(22)13-6-4-3-5-7-13/h3-10,12,16-17,20-21H,1-2H3/t12-,16+,17+/m0/s1. The van der Waals surface area contributed by atoms with Crippen LogP contribution in [0.3, 0.4) is 0 Å². The van der Waals surface area contributed by atoms with Crippen LogP contribution in [0.4, 0.5) is 5.69 Å². The fourth-order valence-electron chi connectivity index (χ4n) is 2.96. The number of hydrogen-bond acceptors (Lipinski definition) is 3. The van der Waals surface area contributed by atoms with Crippen LogP contribution in [0.25, 0.3) is 0 Å². The van der Waals surface area contributed by atoms with Crippen molar-refractivity contribution in [1.82, 2.24) is 0 Å². The molecule has 1 aliphatic rings. The largest absolute Gasteiger partial charge is 0.388 e. The molecule has 0 saturated carbocycles. The lowest BCUT2D eigenvalue weighted by atomic mass is 9.89. The summed E-state index contributed by atoms with van der Waals surface area (Å²) in [5.41, 5.74) is 2.79. The average molecular weight is 297 g/mol. The van der Waals surface area contributed by atoms with Gasteiger partial charge in [-0.3, -0.25) is 4.79 Å². The maximum atomic E-state index is 12.8. The highest BCUT2D eigenvalue weighted by atomic mass is 16.3. The minimum absolute atomic E-state index is 0.177. The van der Waals surface area contributed by atoms with Crippen LogP contribution >= 0.6 is 0 Å². The van der Waals surface area contributed by atoms with Crippen molar-refractivity contribution in [2.75, 3.05) is 4.90 Å². The first-order valence-electron chi connectivity index (χ1n) is 7.36. The molecule has 0 fully saturated rings. The number of aryl methyl sites for hydroxylation is 1. The van der Waals surface area contributed by atoms with Crippen molar-refractivity contribution >= 4 is 11.6 Å². The Morgan fingerprint density at radius 1 is 1.09 bits per heavy atom.